The Morgan fingerprint density at radius 1 is 1.20 bits per heavy atom. The number of esters is 1. The highest BCUT2D eigenvalue weighted by Crippen LogP contribution is 2.29. The normalized spacial score (nSPS) is 9.75. The van der Waals surface area contributed by atoms with Crippen LogP contribution in [0.2, 0.25) is 0 Å². The number of ether oxygens (including phenoxy) is 1. The van der Waals surface area contributed by atoms with Gasteiger partial charge in [-0.3, -0.25) is 0 Å². The number of rotatable bonds is 3. The summed E-state index contributed by atoms with van der Waals surface area (Å²) in [4.78, 5) is 11.8. The first kappa shape index (κ1) is 13.5. The Hall–Kier alpha value is -2.93. The molecule has 2 aromatic carbocycles. The molecule has 0 saturated carbocycles. The summed E-state index contributed by atoms with van der Waals surface area (Å²) in [5, 5.41) is 19.4. The minimum Gasteiger partial charge on any atom is -0.508 e. The van der Waals surface area contributed by atoms with Crippen LogP contribution in [0, 0.1) is 12.5 Å². The van der Waals surface area contributed by atoms with Crippen LogP contribution < -0.4 is 0 Å². The van der Waals surface area contributed by atoms with Gasteiger partial charge in [0.05, 0.1) is 5.56 Å². The van der Waals surface area contributed by atoms with Gasteiger partial charge in [-0.05, 0) is 11.6 Å². The summed E-state index contributed by atoms with van der Waals surface area (Å²) in [6.45, 7) is 0. The lowest BCUT2D eigenvalue weighted by Crippen LogP contribution is -2.06. The van der Waals surface area contributed by atoms with Gasteiger partial charge in [0.2, 0.25) is 0 Å². The second kappa shape index (κ2) is 5.81. The van der Waals surface area contributed by atoms with Crippen molar-refractivity contribution in [2.24, 2.45) is 0 Å². The van der Waals surface area contributed by atoms with Crippen LogP contribution in [-0.2, 0) is 11.2 Å². The summed E-state index contributed by atoms with van der Waals surface area (Å²) < 4.78 is 4.48. The highest BCUT2D eigenvalue weighted by atomic mass is 16.5. The highest BCUT2D eigenvalue weighted by molar-refractivity contribution is 5.93. The van der Waals surface area contributed by atoms with E-state index < -0.39 is 5.97 Å². The standard InChI is InChI=1S/C16H12O4/c1-2-20-16(19)14-9-12(17)10-15(18)13(14)8-11-6-4-3-5-7-11/h1,3-7,9-10,17-18H,8H2. The first-order valence-corrected chi connectivity index (χ1v) is 5.87. The zero-order valence-corrected chi connectivity index (χ0v) is 10.5. The van der Waals surface area contributed by atoms with Gasteiger partial charge in [0.15, 0.2) is 0 Å². The Morgan fingerprint density at radius 3 is 2.55 bits per heavy atom. The summed E-state index contributed by atoms with van der Waals surface area (Å²) in [5.74, 6) is -1.20. The lowest BCUT2D eigenvalue weighted by atomic mass is 9.98. The van der Waals surface area contributed by atoms with E-state index in [1.54, 1.807) is 6.11 Å². The maximum absolute atomic E-state index is 11.8. The third-order valence-electron chi connectivity index (χ3n) is 2.81. The summed E-state index contributed by atoms with van der Waals surface area (Å²) in [5.41, 5.74) is 1.31. The van der Waals surface area contributed by atoms with Crippen LogP contribution in [-0.4, -0.2) is 16.2 Å². The number of phenols is 2. The molecule has 0 aromatic heterocycles. The van der Waals surface area contributed by atoms with E-state index in [9.17, 15) is 15.0 Å². The van der Waals surface area contributed by atoms with Crippen molar-refractivity contribution in [2.75, 3.05) is 0 Å². The van der Waals surface area contributed by atoms with Crippen LogP contribution in [0.1, 0.15) is 21.5 Å². The molecule has 0 unspecified atom stereocenters. The SMILES string of the molecule is C#COC(=O)c1cc(O)cc(O)c1Cc1ccccc1. The molecule has 0 atom stereocenters. The molecule has 2 rings (SSSR count). The molecule has 0 aliphatic rings. The Morgan fingerprint density at radius 2 is 1.90 bits per heavy atom. The minimum atomic E-state index is -0.787. The number of phenolic OH excluding ortho intramolecular Hbond substituents is 2. The Bertz CT molecular complexity index is 669. The Balaban J connectivity index is 2.46. The maximum Gasteiger partial charge on any atom is 0.352 e. The molecular weight excluding hydrogens is 256 g/mol. The monoisotopic (exact) mass is 268 g/mol. The predicted octanol–water partition coefficient (Wildman–Crippen LogP) is 2.44. The molecule has 0 amide bonds. The Kier molecular flexibility index (Phi) is 3.92. The second-order valence-corrected chi connectivity index (χ2v) is 4.16. The Labute approximate surface area is 116 Å². The fourth-order valence-corrected chi connectivity index (χ4v) is 1.92. The predicted molar refractivity (Wildman–Crippen MR) is 73.3 cm³/mol. The number of benzene rings is 2. The molecule has 0 radical (unpaired) electrons. The van der Waals surface area contributed by atoms with Gasteiger partial charge in [0.1, 0.15) is 17.6 Å². The van der Waals surface area contributed by atoms with Crippen molar-refractivity contribution in [1.82, 2.24) is 0 Å². The topological polar surface area (TPSA) is 66.8 Å². The van der Waals surface area contributed by atoms with E-state index in [4.69, 9.17) is 6.42 Å². The third-order valence-corrected chi connectivity index (χ3v) is 2.81. The maximum atomic E-state index is 11.8. The van der Waals surface area contributed by atoms with Crippen LogP contribution in [0.4, 0.5) is 0 Å². The van der Waals surface area contributed by atoms with E-state index in [0.29, 0.717) is 12.0 Å². The molecule has 0 aliphatic carbocycles. The molecule has 20 heavy (non-hydrogen) atoms. The summed E-state index contributed by atoms with van der Waals surface area (Å²) >= 11 is 0. The zero-order valence-electron chi connectivity index (χ0n) is 10.5. The molecule has 2 N–H and O–H groups in total. The molecule has 2 aromatic rings. The lowest BCUT2D eigenvalue weighted by Gasteiger charge is -2.10. The molecular formula is C16H12O4. The van der Waals surface area contributed by atoms with E-state index >= 15 is 0 Å². The molecule has 0 heterocycles. The van der Waals surface area contributed by atoms with Gasteiger partial charge >= 0.3 is 5.97 Å². The summed E-state index contributed by atoms with van der Waals surface area (Å²) in [6, 6.07) is 11.7. The molecule has 100 valence electrons. The quantitative estimate of drug-likeness (QED) is 0.662. The summed E-state index contributed by atoms with van der Waals surface area (Å²) in [7, 11) is 0. The molecule has 4 nitrogen and oxygen atoms in total. The number of hydrogen-bond acceptors (Lipinski definition) is 4. The average Bonchev–Trinajstić information content (AvgIpc) is 2.43. The first-order chi connectivity index (χ1) is 9.61. The van der Waals surface area contributed by atoms with Crippen LogP contribution in [0.3, 0.4) is 0 Å². The second-order valence-electron chi connectivity index (χ2n) is 4.16. The third kappa shape index (κ3) is 2.90. The number of aromatic hydroxyl groups is 2. The largest absolute Gasteiger partial charge is 0.508 e. The molecule has 4 heteroatoms. The van der Waals surface area contributed by atoms with E-state index in [2.05, 4.69) is 4.74 Å². The van der Waals surface area contributed by atoms with Gasteiger partial charge in [-0.25, -0.2) is 4.79 Å². The van der Waals surface area contributed by atoms with E-state index in [1.807, 2.05) is 30.3 Å². The number of carbonyl (C=O) groups excluding carboxylic acids is 1. The van der Waals surface area contributed by atoms with Crippen LogP contribution in [0.25, 0.3) is 0 Å². The van der Waals surface area contributed by atoms with Crippen LogP contribution in [0.15, 0.2) is 42.5 Å². The molecule has 0 fully saturated rings. The first-order valence-electron chi connectivity index (χ1n) is 5.87. The van der Waals surface area contributed by atoms with Gasteiger partial charge in [-0.1, -0.05) is 36.8 Å². The number of terminal acetylenes is 1. The van der Waals surface area contributed by atoms with Gasteiger partial charge in [-0.15, -0.1) is 0 Å². The minimum absolute atomic E-state index is 0.0457. The highest BCUT2D eigenvalue weighted by Gasteiger charge is 2.18. The molecule has 0 bridgehead atoms. The van der Waals surface area contributed by atoms with Gasteiger partial charge in [0.25, 0.3) is 0 Å². The van der Waals surface area contributed by atoms with E-state index in [-0.39, 0.29) is 17.1 Å². The fraction of sp³-hybridized carbons (Fsp3) is 0.0625. The lowest BCUT2D eigenvalue weighted by molar-refractivity contribution is 0.0689. The van der Waals surface area contributed by atoms with Crippen molar-refractivity contribution in [1.29, 1.82) is 0 Å². The van der Waals surface area contributed by atoms with Crippen LogP contribution >= 0.6 is 0 Å². The number of carbonyl (C=O) groups is 1. The van der Waals surface area contributed by atoms with E-state index in [1.165, 1.54) is 12.1 Å². The van der Waals surface area contributed by atoms with Gasteiger partial charge in [0, 0.05) is 18.1 Å². The van der Waals surface area contributed by atoms with Gasteiger partial charge < -0.3 is 14.9 Å². The van der Waals surface area contributed by atoms with E-state index in [0.717, 1.165) is 5.56 Å². The van der Waals surface area contributed by atoms with Crippen molar-refractivity contribution in [3.8, 4) is 24.0 Å². The molecule has 0 spiro atoms. The average molecular weight is 268 g/mol. The molecule has 0 saturated heterocycles. The summed E-state index contributed by atoms with van der Waals surface area (Å²) in [6.07, 6.45) is 7.03. The van der Waals surface area contributed by atoms with Gasteiger partial charge in [-0.2, -0.15) is 0 Å². The van der Waals surface area contributed by atoms with Crippen molar-refractivity contribution in [3.05, 3.63) is 59.2 Å². The molecule has 0 aliphatic heterocycles. The van der Waals surface area contributed by atoms with Crippen molar-refractivity contribution in [3.63, 3.8) is 0 Å². The zero-order chi connectivity index (χ0) is 14.5. The van der Waals surface area contributed by atoms with Crippen molar-refractivity contribution >= 4 is 5.97 Å². The van der Waals surface area contributed by atoms with Crippen molar-refractivity contribution < 1.29 is 19.7 Å². The fourth-order valence-electron chi connectivity index (χ4n) is 1.92. The number of hydrogen-bond donors (Lipinski definition) is 2. The van der Waals surface area contributed by atoms with Crippen molar-refractivity contribution in [2.45, 2.75) is 6.42 Å². The smallest absolute Gasteiger partial charge is 0.352 e. The van der Waals surface area contributed by atoms with Crippen LogP contribution in [0.5, 0.6) is 11.5 Å².